The van der Waals surface area contributed by atoms with Crippen LogP contribution in [0.25, 0.3) is 6.08 Å². The molecular weight excluding hydrogens is 337 g/mol. The van der Waals surface area contributed by atoms with Gasteiger partial charge in [-0.05, 0) is 42.8 Å². The van der Waals surface area contributed by atoms with E-state index in [2.05, 4.69) is 5.32 Å². The lowest BCUT2D eigenvalue weighted by Gasteiger charge is -2.08. The lowest BCUT2D eigenvalue weighted by Crippen LogP contribution is -2.16. The van der Waals surface area contributed by atoms with Gasteiger partial charge in [-0.2, -0.15) is 0 Å². The molecule has 0 radical (unpaired) electrons. The maximum atomic E-state index is 13.4. The van der Waals surface area contributed by atoms with Crippen LogP contribution in [0, 0.1) is 5.82 Å². The smallest absolute Gasteiger partial charge is 0.347 e. The number of carbonyl (C=O) groups excluding carboxylic acids is 2. The summed E-state index contributed by atoms with van der Waals surface area (Å²) in [5, 5.41) is 2.91. The predicted molar refractivity (Wildman–Crippen MR) is 94.2 cm³/mol. The molecule has 26 heavy (non-hydrogen) atoms. The molecule has 0 aliphatic carbocycles. The van der Waals surface area contributed by atoms with Gasteiger partial charge in [0.15, 0.2) is 11.3 Å². The number of halogens is 1. The second-order valence-corrected chi connectivity index (χ2v) is 5.41. The molecule has 132 valence electrons. The highest BCUT2D eigenvalue weighted by molar-refractivity contribution is 6.26. The first-order valence-electron chi connectivity index (χ1n) is 8.01. The normalized spacial score (nSPS) is 15.2. The fourth-order valence-corrected chi connectivity index (χ4v) is 2.41. The summed E-state index contributed by atoms with van der Waals surface area (Å²) in [7, 11) is 0. The van der Waals surface area contributed by atoms with Crippen molar-refractivity contribution < 1.29 is 23.5 Å². The van der Waals surface area contributed by atoms with Gasteiger partial charge in [-0.1, -0.05) is 30.3 Å². The third-order valence-electron chi connectivity index (χ3n) is 3.55. The molecule has 2 aromatic rings. The summed E-state index contributed by atoms with van der Waals surface area (Å²) >= 11 is 0. The van der Waals surface area contributed by atoms with Gasteiger partial charge < -0.3 is 14.8 Å². The average molecular weight is 353 g/mol. The maximum absolute atomic E-state index is 13.4. The number of Topliss-reactive ketones (excluding diaryl/α,β-unsaturated/α-hetero) is 1. The Balaban J connectivity index is 1.94. The van der Waals surface area contributed by atoms with Gasteiger partial charge in [0, 0.05) is 5.69 Å². The quantitative estimate of drug-likeness (QED) is 0.505. The Labute approximate surface area is 149 Å². The Morgan fingerprint density at radius 2 is 1.96 bits per heavy atom. The molecule has 0 amide bonds. The van der Waals surface area contributed by atoms with Crippen molar-refractivity contribution in [3.05, 3.63) is 83.2 Å². The predicted octanol–water partition coefficient (Wildman–Crippen LogP) is 3.65. The van der Waals surface area contributed by atoms with Crippen molar-refractivity contribution in [1.29, 1.82) is 0 Å². The van der Waals surface area contributed by atoms with Gasteiger partial charge in [-0.15, -0.1) is 0 Å². The third-order valence-corrected chi connectivity index (χ3v) is 3.55. The van der Waals surface area contributed by atoms with Crippen molar-refractivity contribution in [2.45, 2.75) is 6.92 Å². The Kier molecular flexibility index (Phi) is 5.12. The van der Waals surface area contributed by atoms with Crippen LogP contribution in [0.2, 0.25) is 0 Å². The van der Waals surface area contributed by atoms with E-state index in [1.165, 1.54) is 24.3 Å². The van der Waals surface area contributed by atoms with E-state index in [1.54, 1.807) is 37.3 Å². The van der Waals surface area contributed by atoms with Gasteiger partial charge in [0.2, 0.25) is 11.7 Å². The number of allylic oxidation sites excluding steroid dienone is 1. The van der Waals surface area contributed by atoms with Crippen LogP contribution in [0.15, 0.2) is 71.8 Å². The monoisotopic (exact) mass is 353 g/mol. The zero-order chi connectivity index (χ0) is 18.5. The van der Waals surface area contributed by atoms with E-state index in [0.29, 0.717) is 11.3 Å². The summed E-state index contributed by atoms with van der Waals surface area (Å²) in [6.07, 6.45) is 1.38. The Hall–Kier alpha value is -3.41. The highest BCUT2D eigenvalue weighted by Gasteiger charge is 2.36. The first-order valence-corrected chi connectivity index (χ1v) is 8.01. The standard InChI is InChI=1S/C20H16FNO4/c1-2-25-20(24)17-18(23)16(12-13-7-6-8-14(21)11-13)26-19(17)22-15-9-4-3-5-10-15/h3-12,22H,2H2,1H3/b16-12-. The lowest BCUT2D eigenvalue weighted by molar-refractivity contribution is -0.139. The zero-order valence-electron chi connectivity index (χ0n) is 14.0. The zero-order valence-corrected chi connectivity index (χ0v) is 14.0. The number of nitrogens with one attached hydrogen (secondary N) is 1. The summed E-state index contributed by atoms with van der Waals surface area (Å²) in [4.78, 5) is 24.8. The van der Waals surface area contributed by atoms with Gasteiger partial charge >= 0.3 is 5.97 Å². The first kappa shape index (κ1) is 17.4. The van der Waals surface area contributed by atoms with Crippen molar-refractivity contribution in [3.8, 4) is 0 Å². The van der Waals surface area contributed by atoms with Crippen molar-refractivity contribution in [2.75, 3.05) is 11.9 Å². The van der Waals surface area contributed by atoms with Crippen molar-refractivity contribution in [3.63, 3.8) is 0 Å². The molecule has 0 spiro atoms. The number of carbonyl (C=O) groups is 2. The highest BCUT2D eigenvalue weighted by atomic mass is 19.1. The molecule has 1 aliphatic rings. The van der Waals surface area contributed by atoms with Crippen LogP contribution in [0.5, 0.6) is 0 Å². The number of hydrogen-bond donors (Lipinski definition) is 1. The van der Waals surface area contributed by atoms with E-state index in [0.717, 1.165) is 0 Å². The van der Waals surface area contributed by atoms with E-state index in [9.17, 15) is 14.0 Å². The molecule has 6 heteroatoms. The van der Waals surface area contributed by atoms with Gasteiger partial charge in [-0.3, -0.25) is 4.79 Å². The van der Waals surface area contributed by atoms with Crippen molar-refractivity contribution in [1.82, 2.24) is 0 Å². The first-order chi connectivity index (χ1) is 12.6. The van der Waals surface area contributed by atoms with Crippen LogP contribution >= 0.6 is 0 Å². The van der Waals surface area contributed by atoms with E-state index in [1.807, 2.05) is 6.07 Å². The van der Waals surface area contributed by atoms with E-state index < -0.39 is 17.6 Å². The molecule has 1 heterocycles. The minimum absolute atomic E-state index is 0.0118. The summed E-state index contributed by atoms with van der Waals surface area (Å²) in [6, 6.07) is 14.7. The SMILES string of the molecule is CCOC(=O)C1=C(Nc2ccccc2)O/C(=C\c2cccc(F)c2)C1=O. The molecule has 0 aromatic heterocycles. The van der Waals surface area contributed by atoms with E-state index in [4.69, 9.17) is 9.47 Å². The van der Waals surface area contributed by atoms with Gasteiger partial charge in [0.05, 0.1) is 6.61 Å². The lowest BCUT2D eigenvalue weighted by atomic mass is 10.1. The number of ketones is 1. The molecule has 2 aromatic carbocycles. The van der Waals surface area contributed by atoms with Crippen LogP contribution in [0.4, 0.5) is 10.1 Å². The Morgan fingerprint density at radius 3 is 2.65 bits per heavy atom. The van der Waals surface area contributed by atoms with Crippen LogP contribution in [0.1, 0.15) is 12.5 Å². The fourth-order valence-electron chi connectivity index (χ4n) is 2.41. The minimum Gasteiger partial charge on any atom is -0.462 e. The van der Waals surface area contributed by atoms with Crippen LogP contribution < -0.4 is 5.32 Å². The molecule has 1 aliphatic heterocycles. The molecule has 0 atom stereocenters. The Morgan fingerprint density at radius 1 is 1.19 bits per heavy atom. The molecule has 3 rings (SSSR count). The fraction of sp³-hybridized carbons (Fsp3) is 0.100. The number of rotatable bonds is 5. The number of benzene rings is 2. The number of para-hydroxylation sites is 1. The summed E-state index contributed by atoms with van der Waals surface area (Å²) in [5.41, 5.74) is 0.861. The average Bonchev–Trinajstić information content (AvgIpc) is 2.91. The molecule has 0 bridgehead atoms. The Bertz CT molecular complexity index is 903. The van der Waals surface area contributed by atoms with E-state index in [-0.39, 0.29) is 23.8 Å². The molecular formula is C20H16FNO4. The van der Waals surface area contributed by atoms with Gasteiger partial charge in [0.1, 0.15) is 5.82 Å². The second-order valence-electron chi connectivity index (χ2n) is 5.41. The minimum atomic E-state index is -0.779. The largest absolute Gasteiger partial charge is 0.462 e. The number of ether oxygens (including phenoxy) is 2. The molecule has 0 saturated carbocycles. The molecule has 0 saturated heterocycles. The highest BCUT2D eigenvalue weighted by Crippen LogP contribution is 2.28. The van der Waals surface area contributed by atoms with Crippen LogP contribution in [-0.4, -0.2) is 18.4 Å². The number of hydrogen-bond acceptors (Lipinski definition) is 5. The van der Waals surface area contributed by atoms with Crippen LogP contribution in [-0.2, 0) is 19.1 Å². The van der Waals surface area contributed by atoms with E-state index >= 15 is 0 Å². The molecule has 5 nitrogen and oxygen atoms in total. The topological polar surface area (TPSA) is 64.6 Å². The summed E-state index contributed by atoms with van der Waals surface area (Å²) in [5.74, 6) is -1.94. The van der Waals surface area contributed by atoms with Gasteiger partial charge in [0.25, 0.3) is 0 Å². The molecule has 1 N–H and O–H groups in total. The number of anilines is 1. The number of esters is 1. The van der Waals surface area contributed by atoms with Crippen LogP contribution in [0.3, 0.4) is 0 Å². The summed E-state index contributed by atoms with van der Waals surface area (Å²) < 4.78 is 23.9. The summed E-state index contributed by atoms with van der Waals surface area (Å²) in [6.45, 7) is 1.77. The molecule has 0 fully saturated rings. The maximum Gasteiger partial charge on any atom is 0.347 e. The second kappa shape index (κ2) is 7.65. The van der Waals surface area contributed by atoms with Gasteiger partial charge in [-0.25, -0.2) is 9.18 Å². The molecule has 0 unspecified atom stereocenters. The van der Waals surface area contributed by atoms with Crippen molar-refractivity contribution >= 4 is 23.5 Å². The third kappa shape index (κ3) is 3.80. The van der Waals surface area contributed by atoms with Crippen molar-refractivity contribution in [2.24, 2.45) is 0 Å².